The van der Waals surface area contributed by atoms with Gasteiger partial charge in [-0.2, -0.15) is 0 Å². The summed E-state index contributed by atoms with van der Waals surface area (Å²) >= 11 is 1.31. The molecule has 0 heterocycles. The van der Waals surface area contributed by atoms with Crippen molar-refractivity contribution in [2.24, 2.45) is 0 Å². The van der Waals surface area contributed by atoms with E-state index >= 15 is 0 Å². The Labute approximate surface area is 160 Å². The van der Waals surface area contributed by atoms with Gasteiger partial charge in [0.15, 0.2) is 0 Å². The average Bonchev–Trinajstić information content (AvgIpc) is 2.59. The molecule has 0 aliphatic rings. The number of carbonyl (C=O) groups excluding carboxylic acids is 2. The number of rotatable bonds is 15. The Morgan fingerprint density at radius 2 is 1.62 bits per heavy atom. The summed E-state index contributed by atoms with van der Waals surface area (Å²) in [6.07, 6.45) is 4.85. The number of carboxylic acid groups (broad SMARTS) is 1. The summed E-state index contributed by atoms with van der Waals surface area (Å²) in [7, 11) is 0. The summed E-state index contributed by atoms with van der Waals surface area (Å²) in [5, 5.41) is 11.4. The zero-order valence-corrected chi connectivity index (χ0v) is 17.1. The molecule has 7 nitrogen and oxygen atoms in total. The quantitative estimate of drug-likeness (QED) is 0.324. The Bertz CT molecular complexity index is 432. The number of ether oxygens (including phenoxy) is 2. The molecule has 0 aliphatic carbocycles. The van der Waals surface area contributed by atoms with Gasteiger partial charge in [-0.25, -0.2) is 0 Å². The van der Waals surface area contributed by atoms with E-state index in [1.165, 1.54) is 18.7 Å². The van der Waals surface area contributed by atoms with Gasteiger partial charge in [0.05, 0.1) is 13.2 Å². The fourth-order valence-corrected chi connectivity index (χ4v) is 3.47. The molecule has 2 N–H and O–H groups in total. The van der Waals surface area contributed by atoms with E-state index in [0.29, 0.717) is 13.0 Å². The average molecular weight is 392 g/mol. The van der Waals surface area contributed by atoms with Gasteiger partial charge in [-0.05, 0) is 27.2 Å². The smallest absolute Gasteiger partial charge is 0.324 e. The van der Waals surface area contributed by atoms with Gasteiger partial charge < -0.3 is 14.6 Å². The van der Waals surface area contributed by atoms with E-state index in [-0.39, 0.29) is 23.6 Å². The van der Waals surface area contributed by atoms with Crippen molar-refractivity contribution in [3.8, 4) is 0 Å². The fourth-order valence-electron chi connectivity index (χ4n) is 2.27. The Hall–Kier alpha value is -1.28. The molecule has 0 aromatic rings. The Morgan fingerprint density at radius 1 is 1.00 bits per heavy atom. The molecule has 0 spiro atoms. The van der Waals surface area contributed by atoms with Crippen LogP contribution in [0.2, 0.25) is 0 Å². The molecular weight excluding hydrogens is 358 g/mol. The second-order valence-electron chi connectivity index (χ2n) is 5.95. The Balaban J connectivity index is 4.84. The highest BCUT2D eigenvalue weighted by molar-refractivity contribution is 8.00. The molecule has 0 saturated heterocycles. The number of carboxylic acids is 1. The second kappa shape index (κ2) is 14.8. The minimum absolute atomic E-state index is 0.210. The van der Waals surface area contributed by atoms with Crippen LogP contribution in [-0.4, -0.2) is 59.3 Å². The van der Waals surface area contributed by atoms with Crippen LogP contribution in [0.3, 0.4) is 0 Å². The standard InChI is InChI=1S/C18H33NO6S/c1-5-8-9-10-11-15(18(23)25-7-3)26-12-14(17(22)24-6-2)19-13(4)16(20)21/h13-15,19H,5-12H2,1-4H3,(H,20,21)/t13-,14?,15?/m0/s1. The van der Waals surface area contributed by atoms with Crippen molar-refractivity contribution in [3.63, 3.8) is 0 Å². The normalized spacial score (nSPS) is 14.3. The molecule has 152 valence electrons. The lowest BCUT2D eigenvalue weighted by atomic mass is 10.1. The van der Waals surface area contributed by atoms with Crippen molar-refractivity contribution in [1.29, 1.82) is 0 Å². The third-order valence-electron chi connectivity index (χ3n) is 3.73. The molecule has 0 aromatic carbocycles. The van der Waals surface area contributed by atoms with Crippen molar-refractivity contribution in [1.82, 2.24) is 5.32 Å². The molecule has 26 heavy (non-hydrogen) atoms. The minimum atomic E-state index is -1.05. The minimum Gasteiger partial charge on any atom is -0.480 e. The summed E-state index contributed by atoms with van der Waals surface area (Å²) < 4.78 is 10.1. The number of nitrogens with one attached hydrogen (secondary N) is 1. The molecule has 2 unspecified atom stereocenters. The van der Waals surface area contributed by atoms with Gasteiger partial charge in [0.1, 0.15) is 17.3 Å². The van der Waals surface area contributed by atoms with E-state index in [1.54, 1.807) is 13.8 Å². The summed E-state index contributed by atoms with van der Waals surface area (Å²) in [5.41, 5.74) is 0. The number of unbranched alkanes of at least 4 members (excludes halogenated alkanes) is 3. The highest BCUT2D eigenvalue weighted by Crippen LogP contribution is 2.21. The van der Waals surface area contributed by atoms with Crippen LogP contribution >= 0.6 is 11.8 Å². The van der Waals surface area contributed by atoms with Gasteiger partial charge in [0.2, 0.25) is 0 Å². The number of thioether (sulfide) groups is 1. The first-order valence-electron chi connectivity index (χ1n) is 9.30. The SMILES string of the molecule is CCCCCCC(SCC(N[C@@H](C)C(=O)O)C(=O)OCC)C(=O)OCC. The maximum Gasteiger partial charge on any atom is 0.324 e. The molecule has 0 fully saturated rings. The summed E-state index contributed by atoms with van der Waals surface area (Å²) in [5.74, 6) is -1.61. The molecule has 0 radical (unpaired) electrons. The maximum absolute atomic E-state index is 12.2. The van der Waals surface area contributed by atoms with Crippen molar-refractivity contribution >= 4 is 29.7 Å². The lowest BCUT2D eigenvalue weighted by Gasteiger charge is -2.22. The van der Waals surface area contributed by atoms with Gasteiger partial charge in [0.25, 0.3) is 0 Å². The first-order valence-corrected chi connectivity index (χ1v) is 10.4. The van der Waals surface area contributed by atoms with Crippen molar-refractivity contribution in [3.05, 3.63) is 0 Å². The van der Waals surface area contributed by atoms with Gasteiger partial charge >= 0.3 is 17.9 Å². The zero-order valence-electron chi connectivity index (χ0n) is 16.3. The third kappa shape index (κ3) is 10.7. The number of esters is 2. The summed E-state index contributed by atoms with van der Waals surface area (Å²) in [6, 6.07) is -1.69. The van der Waals surface area contributed by atoms with Gasteiger partial charge in [-0.1, -0.05) is 32.6 Å². The largest absolute Gasteiger partial charge is 0.480 e. The monoisotopic (exact) mass is 391 g/mol. The lowest BCUT2D eigenvalue weighted by Crippen LogP contribution is -2.48. The predicted octanol–water partition coefficient (Wildman–Crippen LogP) is 2.62. The summed E-state index contributed by atoms with van der Waals surface area (Å²) in [4.78, 5) is 35.3. The molecule has 0 bridgehead atoms. The van der Waals surface area contributed by atoms with Crippen LogP contribution < -0.4 is 5.32 Å². The molecular formula is C18H33NO6S. The van der Waals surface area contributed by atoms with E-state index < -0.39 is 24.0 Å². The molecule has 0 aliphatic heterocycles. The number of hydrogen-bond donors (Lipinski definition) is 2. The van der Waals surface area contributed by atoms with Crippen LogP contribution in [-0.2, 0) is 23.9 Å². The van der Waals surface area contributed by atoms with E-state index in [1.807, 2.05) is 0 Å². The number of aliphatic carboxylic acids is 1. The van der Waals surface area contributed by atoms with E-state index in [4.69, 9.17) is 14.6 Å². The van der Waals surface area contributed by atoms with Crippen LogP contribution in [0.4, 0.5) is 0 Å². The fraction of sp³-hybridized carbons (Fsp3) is 0.833. The van der Waals surface area contributed by atoms with E-state index in [0.717, 1.165) is 25.7 Å². The van der Waals surface area contributed by atoms with Crippen molar-refractivity contribution in [2.75, 3.05) is 19.0 Å². The summed E-state index contributed by atoms with van der Waals surface area (Å²) in [6.45, 7) is 7.55. The van der Waals surface area contributed by atoms with Crippen molar-refractivity contribution < 1.29 is 29.0 Å². The molecule has 0 amide bonds. The van der Waals surface area contributed by atoms with E-state index in [2.05, 4.69) is 12.2 Å². The molecule has 0 saturated carbocycles. The Kier molecular flexibility index (Phi) is 14.1. The van der Waals surface area contributed by atoms with Crippen LogP contribution in [0.25, 0.3) is 0 Å². The number of hydrogen-bond acceptors (Lipinski definition) is 7. The van der Waals surface area contributed by atoms with Crippen LogP contribution in [0.15, 0.2) is 0 Å². The second-order valence-corrected chi connectivity index (χ2v) is 7.19. The van der Waals surface area contributed by atoms with Crippen molar-refractivity contribution in [2.45, 2.75) is 77.1 Å². The molecule has 8 heteroatoms. The molecule has 3 atom stereocenters. The maximum atomic E-state index is 12.2. The molecule has 0 rings (SSSR count). The zero-order chi connectivity index (χ0) is 19.9. The van der Waals surface area contributed by atoms with Crippen LogP contribution in [0.5, 0.6) is 0 Å². The highest BCUT2D eigenvalue weighted by atomic mass is 32.2. The Morgan fingerprint density at radius 3 is 2.15 bits per heavy atom. The third-order valence-corrected chi connectivity index (χ3v) is 5.08. The van der Waals surface area contributed by atoms with Gasteiger partial charge in [-0.3, -0.25) is 19.7 Å². The predicted molar refractivity (Wildman–Crippen MR) is 102 cm³/mol. The topological polar surface area (TPSA) is 102 Å². The van der Waals surface area contributed by atoms with E-state index in [9.17, 15) is 14.4 Å². The molecule has 0 aromatic heterocycles. The van der Waals surface area contributed by atoms with Crippen LogP contribution in [0, 0.1) is 0 Å². The number of carbonyl (C=O) groups is 3. The highest BCUT2D eigenvalue weighted by Gasteiger charge is 2.28. The van der Waals surface area contributed by atoms with Crippen LogP contribution in [0.1, 0.15) is 59.8 Å². The van der Waals surface area contributed by atoms with Gasteiger partial charge in [0, 0.05) is 5.75 Å². The lowest BCUT2D eigenvalue weighted by molar-refractivity contribution is -0.146. The first kappa shape index (κ1) is 24.7. The first-order chi connectivity index (χ1) is 12.4. The van der Waals surface area contributed by atoms with Gasteiger partial charge in [-0.15, -0.1) is 11.8 Å².